The predicted molar refractivity (Wildman–Crippen MR) is 140 cm³/mol. The summed E-state index contributed by atoms with van der Waals surface area (Å²) < 4.78 is 28.2. The van der Waals surface area contributed by atoms with Crippen LogP contribution < -0.4 is 20.4 Å². The molecular formula is C29H31FN4O3. The van der Waals surface area contributed by atoms with Gasteiger partial charge in [0.25, 0.3) is 5.91 Å². The maximum absolute atomic E-state index is 14.0. The topological polar surface area (TPSA) is 81.3 Å². The molecule has 1 amide bonds. The average Bonchev–Trinajstić information content (AvgIpc) is 3.18. The van der Waals surface area contributed by atoms with Crippen molar-refractivity contribution < 1.29 is 18.7 Å². The van der Waals surface area contributed by atoms with Crippen molar-refractivity contribution in [3.05, 3.63) is 100 Å². The molecule has 0 aliphatic heterocycles. The van der Waals surface area contributed by atoms with Crippen molar-refractivity contribution in [2.75, 3.05) is 14.2 Å². The van der Waals surface area contributed by atoms with Crippen LogP contribution in [0, 0.1) is 25.1 Å². The molecule has 0 bridgehead atoms. The minimum atomic E-state index is -0.291. The Labute approximate surface area is 215 Å². The number of amides is 1. The molecule has 4 aromatic rings. The number of hydrogen-bond acceptors (Lipinski definition) is 4. The number of rotatable bonds is 8. The van der Waals surface area contributed by atoms with Crippen LogP contribution in [0.15, 0.2) is 60.9 Å². The highest BCUT2D eigenvalue weighted by molar-refractivity contribution is 5.96. The van der Waals surface area contributed by atoms with Gasteiger partial charge in [0.1, 0.15) is 17.3 Å². The number of carbonyl (C=O) groups is 1. The summed E-state index contributed by atoms with van der Waals surface area (Å²) in [6.45, 7) is 4.43. The Bertz CT molecular complexity index is 1470. The number of ether oxygens (including phenoxy) is 2. The Morgan fingerprint density at radius 3 is 2.14 bits per heavy atom. The number of aryl methyl sites for hydroxylation is 3. The molecule has 0 spiro atoms. The molecular weight excluding hydrogens is 471 g/mol. The first kappa shape index (κ1) is 25.8. The highest BCUT2D eigenvalue weighted by Gasteiger charge is 2.15. The van der Waals surface area contributed by atoms with E-state index in [9.17, 15) is 9.18 Å². The van der Waals surface area contributed by atoms with Crippen LogP contribution in [-0.4, -0.2) is 29.3 Å². The summed E-state index contributed by atoms with van der Waals surface area (Å²) in [6.07, 6.45) is 3.65. The van der Waals surface area contributed by atoms with E-state index in [1.54, 1.807) is 29.4 Å². The number of carbonyl (C=O) groups excluding carboxylic acids is 1. The third-order valence-electron chi connectivity index (χ3n) is 6.33. The SMILES string of the molecule is COc1cc(CNC(=O)c2cc(Cn3ccn(C)c3=N)cc(-c3c(C)cc(F)cc3C)c2)cc(OC)c1. The molecule has 4 rings (SSSR count). The minimum absolute atomic E-state index is 0.244. The summed E-state index contributed by atoms with van der Waals surface area (Å²) in [7, 11) is 4.97. The number of benzene rings is 3. The van der Waals surface area contributed by atoms with E-state index in [0.29, 0.717) is 29.2 Å². The van der Waals surface area contributed by atoms with Crippen LogP contribution in [0.3, 0.4) is 0 Å². The lowest BCUT2D eigenvalue weighted by molar-refractivity contribution is 0.0950. The molecule has 3 aromatic carbocycles. The van der Waals surface area contributed by atoms with E-state index in [4.69, 9.17) is 14.9 Å². The zero-order valence-electron chi connectivity index (χ0n) is 21.7. The first-order valence-corrected chi connectivity index (χ1v) is 11.9. The highest BCUT2D eigenvalue weighted by Crippen LogP contribution is 2.30. The zero-order chi connectivity index (χ0) is 26.7. The van der Waals surface area contributed by atoms with Crippen LogP contribution in [-0.2, 0) is 20.1 Å². The molecule has 37 heavy (non-hydrogen) atoms. The second-order valence-corrected chi connectivity index (χ2v) is 9.10. The van der Waals surface area contributed by atoms with Gasteiger partial charge in [-0.05, 0) is 89.7 Å². The molecule has 0 aliphatic rings. The van der Waals surface area contributed by atoms with Crippen molar-refractivity contribution in [1.29, 1.82) is 5.41 Å². The Kier molecular flexibility index (Phi) is 7.47. The third kappa shape index (κ3) is 5.74. The fraction of sp³-hybridized carbons (Fsp3) is 0.241. The highest BCUT2D eigenvalue weighted by atomic mass is 19.1. The molecule has 0 saturated heterocycles. The number of nitrogens with zero attached hydrogens (tertiary/aromatic N) is 2. The summed E-state index contributed by atoms with van der Waals surface area (Å²) in [6, 6.07) is 14.1. The van der Waals surface area contributed by atoms with Crippen molar-refractivity contribution in [2.24, 2.45) is 7.05 Å². The van der Waals surface area contributed by atoms with Crippen molar-refractivity contribution in [3.8, 4) is 22.6 Å². The van der Waals surface area contributed by atoms with E-state index in [2.05, 4.69) is 5.32 Å². The molecule has 0 unspecified atom stereocenters. The first-order valence-electron chi connectivity index (χ1n) is 11.9. The second-order valence-electron chi connectivity index (χ2n) is 9.10. The molecule has 2 N–H and O–H groups in total. The first-order chi connectivity index (χ1) is 17.7. The Morgan fingerprint density at radius 1 is 0.919 bits per heavy atom. The van der Waals surface area contributed by atoms with E-state index >= 15 is 0 Å². The minimum Gasteiger partial charge on any atom is -0.497 e. The lowest BCUT2D eigenvalue weighted by atomic mass is 9.92. The fourth-order valence-corrected chi connectivity index (χ4v) is 4.53. The van der Waals surface area contributed by atoms with Crippen LogP contribution in [0.25, 0.3) is 11.1 Å². The maximum Gasteiger partial charge on any atom is 0.251 e. The summed E-state index contributed by atoms with van der Waals surface area (Å²) >= 11 is 0. The van der Waals surface area contributed by atoms with E-state index < -0.39 is 0 Å². The van der Waals surface area contributed by atoms with E-state index in [0.717, 1.165) is 33.4 Å². The molecule has 1 aromatic heterocycles. The predicted octanol–water partition coefficient (Wildman–Crippen LogP) is 4.72. The molecule has 0 aliphatic carbocycles. The summed E-state index contributed by atoms with van der Waals surface area (Å²) in [5, 5.41) is 11.3. The standard InChI is InChI=1S/C29H31FN4O3/c1-18-8-24(30)9-19(2)27(18)22-10-21(17-34-7-6-33(3)29(34)31)11-23(14-22)28(35)32-16-20-12-25(36-4)15-26(13-20)37-5/h6-15,31H,16-17H2,1-5H3,(H,32,35). The number of halogens is 1. The fourth-order valence-electron chi connectivity index (χ4n) is 4.53. The summed E-state index contributed by atoms with van der Waals surface area (Å²) in [5.41, 5.74) is 5.81. The van der Waals surface area contributed by atoms with Gasteiger partial charge in [0, 0.05) is 37.6 Å². The van der Waals surface area contributed by atoms with Gasteiger partial charge in [-0.25, -0.2) is 4.39 Å². The van der Waals surface area contributed by atoms with Crippen LogP contribution in [0.1, 0.15) is 32.6 Å². The van der Waals surface area contributed by atoms with Gasteiger partial charge in [0.15, 0.2) is 0 Å². The van der Waals surface area contributed by atoms with Crippen molar-refractivity contribution in [1.82, 2.24) is 14.5 Å². The van der Waals surface area contributed by atoms with Gasteiger partial charge in [-0.15, -0.1) is 0 Å². The van der Waals surface area contributed by atoms with Crippen molar-refractivity contribution in [3.63, 3.8) is 0 Å². The molecule has 0 atom stereocenters. The van der Waals surface area contributed by atoms with Gasteiger partial charge >= 0.3 is 0 Å². The molecule has 0 saturated carbocycles. The van der Waals surface area contributed by atoms with Gasteiger partial charge in [0.05, 0.1) is 20.8 Å². The zero-order valence-corrected chi connectivity index (χ0v) is 21.7. The number of nitrogens with one attached hydrogen (secondary N) is 2. The van der Waals surface area contributed by atoms with Gasteiger partial charge in [-0.2, -0.15) is 0 Å². The average molecular weight is 503 g/mol. The monoisotopic (exact) mass is 502 g/mol. The van der Waals surface area contributed by atoms with Gasteiger partial charge in [-0.3, -0.25) is 10.2 Å². The van der Waals surface area contributed by atoms with Crippen molar-refractivity contribution >= 4 is 5.91 Å². The molecule has 8 heteroatoms. The van der Waals surface area contributed by atoms with Gasteiger partial charge < -0.3 is 23.9 Å². The summed E-state index contributed by atoms with van der Waals surface area (Å²) in [5.74, 6) is 0.745. The second kappa shape index (κ2) is 10.7. The lowest BCUT2D eigenvalue weighted by Gasteiger charge is -2.15. The number of imidazole rings is 1. The number of methoxy groups -OCH3 is 2. The van der Waals surface area contributed by atoms with E-state index in [1.807, 2.05) is 63.6 Å². The molecule has 0 radical (unpaired) electrons. The number of hydrogen-bond donors (Lipinski definition) is 2. The van der Waals surface area contributed by atoms with E-state index in [1.165, 1.54) is 12.1 Å². The van der Waals surface area contributed by atoms with Crippen LogP contribution in [0.2, 0.25) is 0 Å². The Hall–Kier alpha value is -4.33. The molecule has 192 valence electrons. The Morgan fingerprint density at radius 2 is 1.57 bits per heavy atom. The lowest BCUT2D eigenvalue weighted by Crippen LogP contribution is -2.24. The summed E-state index contributed by atoms with van der Waals surface area (Å²) in [4.78, 5) is 13.3. The van der Waals surface area contributed by atoms with Crippen LogP contribution in [0.4, 0.5) is 4.39 Å². The van der Waals surface area contributed by atoms with Crippen molar-refractivity contribution in [2.45, 2.75) is 26.9 Å². The van der Waals surface area contributed by atoms with Crippen LogP contribution >= 0.6 is 0 Å². The smallest absolute Gasteiger partial charge is 0.251 e. The molecule has 7 nitrogen and oxygen atoms in total. The largest absolute Gasteiger partial charge is 0.497 e. The number of aromatic nitrogens is 2. The molecule has 0 fully saturated rings. The Balaban J connectivity index is 1.70. The molecule has 1 heterocycles. The van der Waals surface area contributed by atoms with Crippen LogP contribution in [0.5, 0.6) is 11.5 Å². The normalized spacial score (nSPS) is 10.9. The van der Waals surface area contributed by atoms with Gasteiger partial charge in [-0.1, -0.05) is 0 Å². The third-order valence-corrected chi connectivity index (χ3v) is 6.33. The quantitative estimate of drug-likeness (QED) is 0.366. The van der Waals surface area contributed by atoms with E-state index in [-0.39, 0.29) is 18.3 Å². The van der Waals surface area contributed by atoms with Gasteiger partial charge in [0.2, 0.25) is 5.62 Å². The maximum atomic E-state index is 14.0.